The highest BCUT2D eigenvalue weighted by atomic mass is 16.5. The van der Waals surface area contributed by atoms with E-state index in [1.54, 1.807) is 4.68 Å². The number of hydrogen-bond donors (Lipinski definition) is 0. The second kappa shape index (κ2) is 7.09. The molecule has 1 atom stereocenters. The smallest absolute Gasteiger partial charge is 0.224 e. The molecule has 0 N–H and O–H groups in total. The lowest BCUT2D eigenvalue weighted by atomic mass is 10.2. The van der Waals surface area contributed by atoms with Crippen LogP contribution in [-0.4, -0.2) is 50.3 Å². The maximum atomic E-state index is 12.5. The predicted octanol–water partition coefficient (Wildman–Crippen LogP) is 1.59. The summed E-state index contributed by atoms with van der Waals surface area (Å²) in [5.74, 6) is 0.772. The molecule has 7 nitrogen and oxygen atoms in total. The van der Waals surface area contributed by atoms with E-state index >= 15 is 0 Å². The Balaban J connectivity index is 1.61. The van der Waals surface area contributed by atoms with Gasteiger partial charge in [0.1, 0.15) is 6.10 Å². The van der Waals surface area contributed by atoms with Gasteiger partial charge < -0.3 is 9.64 Å². The number of morpholine rings is 1. The van der Waals surface area contributed by atoms with Crippen LogP contribution < -0.4 is 0 Å². The van der Waals surface area contributed by atoms with Gasteiger partial charge in [0.2, 0.25) is 5.91 Å². The van der Waals surface area contributed by atoms with Crippen molar-refractivity contribution in [2.75, 3.05) is 19.7 Å². The van der Waals surface area contributed by atoms with Gasteiger partial charge in [0, 0.05) is 37.1 Å². The van der Waals surface area contributed by atoms with Gasteiger partial charge in [-0.3, -0.25) is 9.48 Å². The number of hydrogen-bond acceptors (Lipinski definition) is 5. The van der Waals surface area contributed by atoms with Crippen LogP contribution in [0.15, 0.2) is 18.3 Å². The Morgan fingerprint density at radius 2 is 2.00 bits per heavy atom. The number of aromatic nitrogens is 4. The number of carbonyl (C=O) groups is 1. The van der Waals surface area contributed by atoms with Crippen LogP contribution in [-0.2, 0) is 16.1 Å². The molecule has 0 aromatic carbocycles. The number of nitrogens with zero attached hydrogens (tertiary/aromatic N) is 5. The van der Waals surface area contributed by atoms with Crippen LogP contribution in [0.1, 0.15) is 35.4 Å². The summed E-state index contributed by atoms with van der Waals surface area (Å²) in [6.07, 6.45) is 2.07. The molecule has 7 heteroatoms. The molecule has 1 aliphatic rings. The van der Waals surface area contributed by atoms with E-state index in [0.717, 1.165) is 17.1 Å². The fourth-order valence-electron chi connectivity index (χ4n) is 2.89. The summed E-state index contributed by atoms with van der Waals surface area (Å²) in [5.41, 5.74) is 2.79. The summed E-state index contributed by atoms with van der Waals surface area (Å²) >= 11 is 0. The van der Waals surface area contributed by atoms with Crippen LogP contribution in [0.25, 0.3) is 0 Å². The lowest BCUT2D eigenvalue weighted by Gasteiger charge is -2.32. The lowest BCUT2D eigenvalue weighted by Crippen LogP contribution is -2.43. The van der Waals surface area contributed by atoms with Crippen LogP contribution in [0.2, 0.25) is 0 Å². The second-order valence-corrected chi connectivity index (χ2v) is 6.18. The highest BCUT2D eigenvalue weighted by Gasteiger charge is 2.27. The summed E-state index contributed by atoms with van der Waals surface area (Å²) in [5, 5.41) is 4.31. The van der Waals surface area contributed by atoms with Crippen molar-refractivity contribution in [3.8, 4) is 0 Å². The summed E-state index contributed by atoms with van der Waals surface area (Å²) in [7, 11) is 0. The number of ether oxygens (including phenoxy) is 1. The van der Waals surface area contributed by atoms with Crippen molar-refractivity contribution in [1.29, 1.82) is 0 Å². The SMILES string of the molecule is Cc1cc(C)nc([C@@H]2CN(C(=O)CCn3ccc(C)n3)CCO2)n1. The molecular formula is C17H23N5O2. The molecule has 3 heterocycles. The van der Waals surface area contributed by atoms with Crippen molar-refractivity contribution < 1.29 is 9.53 Å². The van der Waals surface area contributed by atoms with E-state index in [4.69, 9.17) is 4.74 Å². The molecule has 0 aliphatic carbocycles. The Morgan fingerprint density at radius 3 is 2.67 bits per heavy atom. The van der Waals surface area contributed by atoms with Crippen molar-refractivity contribution in [3.05, 3.63) is 41.2 Å². The fourth-order valence-corrected chi connectivity index (χ4v) is 2.89. The first-order valence-corrected chi connectivity index (χ1v) is 8.23. The first-order chi connectivity index (χ1) is 11.5. The molecule has 0 spiro atoms. The molecule has 1 saturated heterocycles. The summed E-state index contributed by atoms with van der Waals surface area (Å²) in [6.45, 7) is 8.03. The normalized spacial score (nSPS) is 18.0. The van der Waals surface area contributed by atoms with Crippen molar-refractivity contribution in [1.82, 2.24) is 24.6 Å². The molecular weight excluding hydrogens is 306 g/mol. The van der Waals surface area contributed by atoms with Crippen LogP contribution in [0.4, 0.5) is 0 Å². The maximum absolute atomic E-state index is 12.5. The van der Waals surface area contributed by atoms with E-state index in [1.165, 1.54) is 0 Å². The Hall–Kier alpha value is -2.28. The molecule has 0 radical (unpaired) electrons. The van der Waals surface area contributed by atoms with Gasteiger partial charge in [-0.1, -0.05) is 0 Å². The average Bonchev–Trinajstić information content (AvgIpc) is 2.97. The van der Waals surface area contributed by atoms with Crippen molar-refractivity contribution in [2.45, 2.75) is 39.8 Å². The monoisotopic (exact) mass is 329 g/mol. The van der Waals surface area contributed by atoms with Crippen LogP contribution in [0, 0.1) is 20.8 Å². The maximum Gasteiger partial charge on any atom is 0.224 e. The molecule has 0 saturated carbocycles. The van der Waals surface area contributed by atoms with Gasteiger partial charge in [0.05, 0.1) is 18.8 Å². The first kappa shape index (κ1) is 16.6. The highest BCUT2D eigenvalue weighted by Crippen LogP contribution is 2.20. The molecule has 3 rings (SSSR count). The average molecular weight is 329 g/mol. The van der Waals surface area contributed by atoms with Crippen LogP contribution >= 0.6 is 0 Å². The molecule has 1 aliphatic heterocycles. The van der Waals surface area contributed by atoms with Crippen LogP contribution in [0.3, 0.4) is 0 Å². The van der Waals surface area contributed by atoms with E-state index in [1.807, 2.05) is 44.0 Å². The number of rotatable bonds is 4. The van der Waals surface area contributed by atoms with E-state index in [0.29, 0.717) is 38.5 Å². The van der Waals surface area contributed by atoms with Gasteiger partial charge in [-0.15, -0.1) is 0 Å². The summed E-state index contributed by atoms with van der Waals surface area (Å²) < 4.78 is 7.59. The summed E-state index contributed by atoms with van der Waals surface area (Å²) in [4.78, 5) is 23.2. The van der Waals surface area contributed by atoms with Crippen molar-refractivity contribution in [3.63, 3.8) is 0 Å². The Bertz CT molecular complexity index is 707. The number of carbonyl (C=O) groups excluding carboxylic acids is 1. The van der Waals surface area contributed by atoms with E-state index in [9.17, 15) is 4.79 Å². The molecule has 1 amide bonds. The highest BCUT2D eigenvalue weighted by molar-refractivity contribution is 5.76. The first-order valence-electron chi connectivity index (χ1n) is 8.23. The van der Waals surface area contributed by atoms with Crippen molar-refractivity contribution >= 4 is 5.91 Å². The van der Waals surface area contributed by atoms with Gasteiger partial charge in [0.25, 0.3) is 0 Å². The molecule has 1 fully saturated rings. The second-order valence-electron chi connectivity index (χ2n) is 6.18. The van der Waals surface area contributed by atoms with E-state index < -0.39 is 0 Å². The quantitative estimate of drug-likeness (QED) is 0.852. The molecule has 2 aromatic heterocycles. The molecule has 0 unspecified atom stereocenters. The minimum Gasteiger partial charge on any atom is -0.367 e. The third kappa shape index (κ3) is 3.97. The van der Waals surface area contributed by atoms with Crippen LogP contribution in [0.5, 0.6) is 0 Å². The topological polar surface area (TPSA) is 73.1 Å². The number of aryl methyl sites for hydroxylation is 4. The van der Waals surface area contributed by atoms with Gasteiger partial charge in [-0.25, -0.2) is 9.97 Å². The molecule has 128 valence electrons. The van der Waals surface area contributed by atoms with Gasteiger partial charge in [-0.05, 0) is 32.9 Å². The van der Waals surface area contributed by atoms with Gasteiger partial charge in [0.15, 0.2) is 5.82 Å². The Labute approximate surface area is 141 Å². The zero-order chi connectivity index (χ0) is 17.1. The third-order valence-electron chi connectivity index (χ3n) is 4.04. The molecule has 2 aromatic rings. The van der Waals surface area contributed by atoms with E-state index in [-0.39, 0.29) is 12.0 Å². The van der Waals surface area contributed by atoms with Crippen molar-refractivity contribution in [2.24, 2.45) is 0 Å². The predicted molar refractivity (Wildman–Crippen MR) is 88.4 cm³/mol. The van der Waals surface area contributed by atoms with Gasteiger partial charge in [-0.2, -0.15) is 5.10 Å². The van der Waals surface area contributed by atoms with E-state index in [2.05, 4.69) is 15.1 Å². The zero-order valence-corrected chi connectivity index (χ0v) is 14.4. The minimum absolute atomic E-state index is 0.112. The lowest BCUT2D eigenvalue weighted by molar-refractivity contribution is -0.139. The third-order valence-corrected chi connectivity index (χ3v) is 4.04. The Kier molecular flexibility index (Phi) is 4.89. The largest absolute Gasteiger partial charge is 0.367 e. The standard InChI is InChI=1S/C17H23N5O2/c1-12-4-6-22(20-12)7-5-16(23)21-8-9-24-15(11-21)17-18-13(2)10-14(3)19-17/h4,6,10,15H,5,7-9,11H2,1-3H3/t15-/m0/s1. The Morgan fingerprint density at radius 1 is 1.25 bits per heavy atom. The summed E-state index contributed by atoms with van der Waals surface area (Å²) in [6, 6.07) is 3.87. The minimum atomic E-state index is -0.256. The zero-order valence-electron chi connectivity index (χ0n) is 14.4. The molecule has 0 bridgehead atoms. The fraction of sp³-hybridized carbons (Fsp3) is 0.529. The van der Waals surface area contributed by atoms with Gasteiger partial charge >= 0.3 is 0 Å². The molecule has 24 heavy (non-hydrogen) atoms. The number of amides is 1.